The molecule has 0 aliphatic heterocycles. The molecule has 0 saturated heterocycles. The van der Waals surface area contributed by atoms with Crippen LogP contribution in [0.1, 0.15) is 28.4 Å². The smallest absolute Gasteiger partial charge is 0.0423 e. The molecule has 1 aromatic heterocycles. The second kappa shape index (κ2) is 6.31. The zero-order valence-electron chi connectivity index (χ0n) is 11.6. The van der Waals surface area contributed by atoms with Crippen molar-refractivity contribution in [2.45, 2.75) is 26.3 Å². The Balaban J connectivity index is 2.24. The lowest BCUT2D eigenvalue weighted by molar-refractivity contribution is 0.581. The van der Waals surface area contributed by atoms with Crippen molar-refractivity contribution in [2.75, 3.05) is 7.05 Å². The minimum absolute atomic E-state index is 0.300. The van der Waals surface area contributed by atoms with Gasteiger partial charge in [0, 0.05) is 28.8 Å². The summed E-state index contributed by atoms with van der Waals surface area (Å²) in [7, 11) is 2.01. The van der Waals surface area contributed by atoms with Crippen LogP contribution in [-0.4, -0.2) is 12.0 Å². The third kappa shape index (κ3) is 3.64. The van der Waals surface area contributed by atoms with E-state index >= 15 is 0 Å². The average Bonchev–Trinajstić information content (AvgIpc) is 2.41. The number of nitrogens with zero attached hydrogens (tertiary/aromatic N) is 1. The average molecular weight is 319 g/mol. The van der Waals surface area contributed by atoms with Gasteiger partial charge in [-0.05, 0) is 60.1 Å². The highest BCUT2D eigenvalue weighted by atomic mass is 79.9. The van der Waals surface area contributed by atoms with E-state index in [4.69, 9.17) is 0 Å². The fourth-order valence-corrected chi connectivity index (χ4v) is 2.47. The van der Waals surface area contributed by atoms with Crippen molar-refractivity contribution in [3.8, 4) is 0 Å². The molecule has 0 aliphatic carbocycles. The maximum atomic E-state index is 4.46. The van der Waals surface area contributed by atoms with Crippen LogP contribution in [0.2, 0.25) is 0 Å². The number of likely N-dealkylation sites (N-methyl/N-ethyl adjacent to an activating group) is 1. The van der Waals surface area contributed by atoms with Gasteiger partial charge in [0.15, 0.2) is 0 Å². The number of pyridine rings is 1. The predicted molar refractivity (Wildman–Crippen MR) is 83.4 cm³/mol. The van der Waals surface area contributed by atoms with E-state index in [2.05, 4.69) is 64.3 Å². The first-order valence-corrected chi connectivity index (χ1v) is 7.24. The van der Waals surface area contributed by atoms with E-state index in [1.807, 2.05) is 19.3 Å². The van der Waals surface area contributed by atoms with E-state index in [-0.39, 0.29) is 0 Å². The van der Waals surface area contributed by atoms with E-state index in [1.54, 1.807) is 0 Å². The summed E-state index contributed by atoms with van der Waals surface area (Å²) in [5.74, 6) is 0. The van der Waals surface area contributed by atoms with Gasteiger partial charge in [-0.3, -0.25) is 4.98 Å². The molecule has 3 heteroatoms. The fraction of sp³-hybridized carbons (Fsp3) is 0.312. The minimum Gasteiger partial charge on any atom is -0.313 e. The summed E-state index contributed by atoms with van der Waals surface area (Å²) in [6, 6.07) is 11.0. The molecule has 0 radical (unpaired) electrons. The van der Waals surface area contributed by atoms with Crippen molar-refractivity contribution in [1.82, 2.24) is 10.3 Å². The van der Waals surface area contributed by atoms with Gasteiger partial charge in [-0.1, -0.05) is 23.8 Å². The number of benzene rings is 1. The van der Waals surface area contributed by atoms with Gasteiger partial charge in [-0.15, -0.1) is 0 Å². The molecule has 2 rings (SSSR count). The van der Waals surface area contributed by atoms with Crippen molar-refractivity contribution in [1.29, 1.82) is 0 Å². The van der Waals surface area contributed by atoms with Crippen molar-refractivity contribution in [2.24, 2.45) is 0 Å². The Kier molecular flexibility index (Phi) is 4.72. The van der Waals surface area contributed by atoms with Crippen LogP contribution in [0.3, 0.4) is 0 Å². The number of hydrogen-bond acceptors (Lipinski definition) is 2. The molecule has 1 atom stereocenters. The molecule has 100 valence electrons. The fourth-order valence-electron chi connectivity index (χ4n) is 2.24. The Bertz CT molecular complexity index is 549. The molecule has 1 aromatic carbocycles. The summed E-state index contributed by atoms with van der Waals surface area (Å²) in [5, 5.41) is 3.40. The zero-order chi connectivity index (χ0) is 13.8. The SMILES string of the molecule is CNC(Cc1ccc(Br)cn1)c1cc(C)ccc1C. The van der Waals surface area contributed by atoms with Crippen LogP contribution >= 0.6 is 15.9 Å². The zero-order valence-corrected chi connectivity index (χ0v) is 13.2. The monoisotopic (exact) mass is 318 g/mol. The number of halogens is 1. The quantitative estimate of drug-likeness (QED) is 0.922. The molecular weight excluding hydrogens is 300 g/mol. The first kappa shape index (κ1) is 14.2. The molecule has 0 fully saturated rings. The molecule has 0 aliphatic rings. The van der Waals surface area contributed by atoms with Gasteiger partial charge in [-0.25, -0.2) is 0 Å². The van der Waals surface area contributed by atoms with E-state index in [1.165, 1.54) is 16.7 Å². The lowest BCUT2D eigenvalue weighted by Gasteiger charge is -2.19. The third-order valence-corrected chi connectivity index (χ3v) is 3.83. The summed E-state index contributed by atoms with van der Waals surface area (Å²) in [6.45, 7) is 4.29. The molecule has 1 unspecified atom stereocenters. The molecular formula is C16H19BrN2. The van der Waals surface area contributed by atoms with Crippen molar-refractivity contribution >= 4 is 15.9 Å². The maximum absolute atomic E-state index is 4.46. The largest absolute Gasteiger partial charge is 0.313 e. The van der Waals surface area contributed by atoms with Crippen LogP contribution in [0.25, 0.3) is 0 Å². The van der Waals surface area contributed by atoms with Crippen LogP contribution < -0.4 is 5.32 Å². The molecule has 19 heavy (non-hydrogen) atoms. The highest BCUT2D eigenvalue weighted by Gasteiger charge is 2.13. The maximum Gasteiger partial charge on any atom is 0.0423 e. The second-order valence-electron chi connectivity index (χ2n) is 4.87. The summed E-state index contributed by atoms with van der Waals surface area (Å²) >= 11 is 3.42. The Morgan fingerprint density at radius 3 is 2.63 bits per heavy atom. The molecule has 0 spiro atoms. The van der Waals surface area contributed by atoms with Gasteiger partial charge in [0.2, 0.25) is 0 Å². The Hall–Kier alpha value is -1.19. The summed E-state index contributed by atoms with van der Waals surface area (Å²) in [5.41, 5.74) is 5.07. The van der Waals surface area contributed by atoms with E-state index < -0.39 is 0 Å². The van der Waals surface area contributed by atoms with Crippen LogP contribution in [0.5, 0.6) is 0 Å². The van der Waals surface area contributed by atoms with Gasteiger partial charge in [0.25, 0.3) is 0 Å². The number of rotatable bonds is 4. The Labute approximate surface area is 123 Å². The standard InChI is InChI=1S/C16H19BrN2/c1-11-4-5-12(2)15(8-11)16(18-3)9-14-7-6-13(17)10-19-14/h4-8,10,16,18H,9H2,1-3H3. The second-order valence-corrected chi connectivity index (χ2v) is 5.79. The highest BCUT2D eigenvalue weighted by Crippen LogP contribution is 2.22. The first-order valence-electron chi connectivity index (χ1n) is 6.45. The van der Waals surface area contributed by atoms with Crippen molar-refractivity contribution in [3.05, 3.63) is 63.4 Å². The molecule has 2 aromatic rings. The van der Waals surface area contributed by atoms with Crippen LogP contribution in [0, 0.1) is 13.8 Å². The molecule has 0 bridgehead atoms. The van der Waals surface area contributed by atoms with E-state index in [0.29, 0.717) is 6.04 Å². The van der Waals surface area contributed by atoms with Gasteiger partial charge < -0.3 is 5.32 Å². The first-order chi connectivity index (χ1) is 9.10. The third-order valence-electron chi connectivity index (χ3n) is 3.36. The summed E-state index contributed by atoms with van der Waals surface area (Å²) < 4.78 is 1.02. The number of nitrogens with one attached hydrogen (secondary N) is 1. The number of aryl methyl sites for hydroxylation is 2. The van der Waals surface area contributed by atoms with Crippen LogP contribution in [-0.2, 0) is 6.42 Å². The van der Waals surface area contributed by atoms with Gasteiger partial charge in [0.1, 0.15) is 0 Å². The number of aromatic nitrogens is 1. The summed E-state index contributed by atoms with van der Waals surface area (Å²) in [6.07, 6.45) is 2.75. The van der Waals surface area contributed by atoms with Crippen molar-refractivity contribution < 1.29 is 0 Å². The lowest BCUT2D eigenvalue weighted by Crippen LogP contribution is -2.20. The van der Waals surface area contributed by atoms with Crippen molar-refractivity contribution in [3.63, 3.8) is 0 Å². The lowest BCUT2D eigenvalue weighted by atomic mass is 9.95. The van der Waals surface area contributed by atoms with Crippen LogP contribution in [0.15, 0.2) is 41.0 Å². The van der Waals surface area contributed by atoms with Gasteiger partial charge >= 0.3 is 0 Å². The Morgan fingerprint density at radius 1 is 1.21 bits per heavy atom. The highest BCUT2D eigenvalue weighted by molar-refractivity contribution is 9.10. The number of hydrogen-bond donors (Lipinski definition) is 1. The molecule has 0 saturated carbocycles. The van der Waals surface area contributed by atoms with Crippen LogP contribution in [0.4, 0.5) is 0 Å². The predicted octanol–water partition coefficient (Wildman–Crippen LogP) is 3.96. The summed E-state index contributed by atoms with van der Waals surface area (Å²) in [4.78, 5) is 4.46. The Morgan fingerprint density at radius 2 is 2.00 bits per heavy atom. The normalized spacial score (nSPS) is 12.4. The van der Waals surface area contributed by atoms with Gasteiger partial charge in [-0.2, -0.15) is 0 Å². The molecule has 1 heterocycles. The molecule has 2 nitrogen and oxygen atoms in total. The minimum atomic E-state index is 0.300. The van der Waals surface area contributed by atoms with Gasteiger partial charge in [0.05, 0.1) is 0 Å². The molecule has 1 N–H and O–H groups in total. The van der Waals surface area contributed by atoms with E-state index in [0.717, 1.165) is 16.6 Å². The van der Waals surface area contributed by atoms with E-state index in [9.17, 15) is 0 Å². The topological polar surface area (TPSA) is 24.9 Å². The molecule has 0 amide bonds.